The van der Waals surface area contributed by atoms with Gasteiger partial charge in [0.1, 0.15) is 15.2 Å². The smallest absolute Gasteiger partial charge is 0.250 e. The molecule has 0 fully saturated rings. The lowest BCUT2D eigenvalue weighted by atomic mass is 10.4. The Morgan fingerprint density at radius 2 is 2.31 bits per heavy atom. The van der Waals surface area contributed by atoms with E-state index in [1.165, 1.54) is 19.2 Å². The zero-order valence-corrected chi connectivity index (χ0v) is 10.6. The van der Waals surface area contributed by atoms with Gasteiger partial charge in [-0.25, -0.2) is 13.1 Å². The van der Waals surface area contributed by atoms with E-state index in [2.05, 4.69) is 4.72 Å². The summed E-state index contributed by atoms with van der Waals surface area (Å²) in [7, 11) is -2.03. The molecule has 5 nitrogen and oxygen atoms in total. The maximum absolute atomic E-state index is 11.8. The largest absolute Gasteiger partial charge is 0.383 e. The van der Waals surface area contributed by atoms with Gasteiger partial charge in [-0.15, -0.1) is 11.3 Å². The molecule has 0 aliphatic carbocycles. The third kappa shape index (κ3) is 3.28. The number of methoxy groups -OCH3 is 1. The normalized spacial score (nSPS) is 13.3. The topological polar surface area (TPSA) is 79.2 Å². The molecule has 88 valence electrons. The molecule has 0 bridgehead atoms. The first-order valence-electron chi connectivity index (χ1n) is 4.51. The first-order chi connectivity index (χ1) is 7.49. The van der Waals surface area contributed by atoms with Crippen molar-refractivity contribution in [3.05, 3.63) is 17.0 Å². The Labute approximate surface area is 98.7 Å². The average molecular weight is 260 g/mol. The quantitative estimate of drug-likeness (QED) is 0.854. The van der Waals surface area contributed by atoms with Gasteiger partial charge >= 0.3 is 0 Å². The Morgan fingerprint density at radius 1 is 1.62 bits per heavy atom. The molecular formula is C9H12N2O3S2. The summed E-state index contributed by atoms with van der Waals surface area (Å²) >= 11 is 0.948. The second-order valence-electron chi connectivity index (χ2n) is 3.21. The van der Waals surface area contributed by atoms with Gasteiger partial charge in [-0.05, 0) is 19.1 Å². The van der Waals surface area contributed by atoms with Crippen LogP contribution in [0.3, 0.4) is 0 Å². The van der Waals surface area contributed by atoms with E-state index in [-0.39, 0.29) is 10.3 Å². The average Bonchev–Trinajstić information content (AvgIpc) is 2.65. The highest BCUT2D eigenvalue weighted by Gasteiger charge is 2.19. The molecule has 0 aliphatic rings. The Balaban J connectivity index is 2.82. The SMILES string of the molecule is COCC(C)NS(=O)(=O)c1ccc(C#N)s1. The number of hydrogen-bond donors (Lipinski definition) is 1. The Hall–Kier alpha value is -0.940. The molecule has 0 amide bonds. The molecular weight excluding hydrogens is 248 g/mol. The van der Waals surface area contributed by atoms with Gasteiger partial charge in [-0.1, -0.05) is 0 Å². The van der Waals surface area contributed by atoms with E-state index in [0.29, 0.717) is 11.5 Å². The number of sulfonamides is 1. The molecule has 1 aromatic rings. The van der Waals surface area contributed by atoms with Crippen LogP contribution < -0.4 is 4.72 Å². The number of thiophene rings is 1. The first-order valence-corrected chi connectivity index (χ1v) is 6.80. The molecule has 1 rings (SSSR count). The van der Waals surface area contributed by atoms with Crippen molar-refractivity contribution < 1.29 is 13.2 Å². The number of nitrogens with one attached hydrogen (secondary N) is 1. The fraction of sp³-hybridized carbons (Fsp3) is 0.444. The standard InChI is InChI=1S/C9H12N2O3S2/c1-7(6-14-2)11-16(12,13)9-4-3-8(5-10)15-9/h3-4,7,11H,6H2,1-2H3. The van der Waals surface area contributed by atoms with E-state index in [9.17, 15) is 8.42 Å². The number of nitriles is 1. The minimum atomic E-state index is -3.53. The molecule has 0 radical (unpaired) electrons. The lowest BCUT2D eigenvalue weighted by molar-refractivity contribution is 0.180. The van der Waals surface area contributed by atoms with Gasteiger partial charge in [0, 0.05) is 13.2 Å². The fourth-order valence-corrected chi connectivity index (χ4v) is 3.48. The summed E-state index contributed by atoms with van der Waals surface area (Å²) < 4.78 is 31.0. The van der Waals surface area contributed by atoms with Crippen LogP contribution >= 0.6 is 11.3 Å². The van der Waals surface area contributed by atoms with E-state index in [4.69, 9.17) is 10.00 Å². The molecule has 0 saturated heterocycles. The third-order valence-corrected chi connectivity index (χ3v) is 4.80. The summed E-state index contributed by atoms with van der Waals surface area (Å²) in [6.45, 7) is 2.01. The van der Waals surface area contributed by atoms with Crippen LogP contribution in [0, 0.1) is 11.3 Å². The van der Waals surface area contributed by atoms with Gasteiger partial charge in [0.05, 0.1) is 6.61 Å². The highest BCUT2D eigenvalue weighted by atomic mass is 32.2. The highest BCUT2D eigenvalue weighted by molar-refractivity contribution is 7.91. The fourth-order valence-electron chi connectivity index (χ4n) is 1.13. The summed E-state index contributed by atoms with van der Waals surface area (Å²) in [5, 5.41) is 8.61. The predicted octanol–water partition coefficient (Wildman–Crippen LogP) is 0.933. The molecule has 7 heteroatoms. The summed E-state index contributed by atoms with van der Waals surface area (Å²) in [5.74, 6) is 0. The maximum atomic E-state index is 11.8. The molecule has 0 spiro atoms. The number of nitrogens with zero attached hydrogens (tertiary/aromatic N) is 1. The summed E-state index contributed by atoms with van der Waals surface area (Å²) in [4.78, 5) is 0.375. The number of ether oxygens (including phenoxy) is 1. The summed E-state index contributed by atoms with van der Waals surface area (Å²) in [5.41, 5.74) is 0. The molecule has 1 atom stereocenters. The molecule has 0 saturated carbocycles. The van der Waals surface area contributed by atoms with Gasteiger partial charge in [0.2, 0.25) is 10.0 Å². The molecule has 1 N–H and O–H groups in total. The van der Waals surface area contributed by atoms with Crippen LogP contribution in [0.15, 0.2) is 16.3 Å². The van der Waals surface area contributed by atoms with Crippen molar-refractivity contribution in [2.45, 2.75) is 17.2 Å². The van der Waals surface area contributed by atoms with Crippen LogP contribution in [-0.2, 0) is 14.8 Å². The molecule has 1 aromatic heterocycles. The Bertz CT molecular complexity index is 487. The van der Waals surface area contributed by atoms with Gasteiger partial charge in [-0.2, -0.15) is 5.26 Å². The third-order valence-electron chi connectivity index (χ3n) is 1.73. The highest BCUT2D eigenvalue weighted by Crippen LogP contribution is 2.20. The minimum Gasteiger partial charge on any atom is -0.383 e. The van der Waals surface area contributed by atoms with Crippen LogP contribution in [-0.4, -0.2) is 28.2 Å². The van der Waals surface area contributed by atoms with E-state index >= 15 is 0 Å². The van der Waals surface area contributed by atoms with E-state index < -0.39 is 10.0 Å². The van der Waals surface area contributed by atoms with Crippen molar-refractivity contribution in [1.82, 2.24) is 4.72 Å². The van der Waals surface area contributed by atoms with Gasteiger partial charge < -0.3 is 4.74 Å². The van der Waals surface area contributed by atoms with Gasteiger partial charge in [-0.3, -0.25) is 0 Å². The summed E-state index contributed by atoms with van der Waals surface area (Å²) in [6, 6.07) is 4.50. The first kappa shape index (κ1) is 13.1. The van der Waals surface area contributed by atoms with E-state index in [1.807, 2.05) is 6.07 Å². The zero-order valence-electron chi connectivity index (χ0n) is 8.93. The predicted molar refractivity (Wildman–Crippen MR) is 60.7 cm³/mol. The maximum Gasteiger partial charge on any atom is 0.250 e. The van der Waals surface area contributed by atoms with Crippen molar-refractivity contribution in [3.63, 3.8) is 0 Å². The van der Waals surface area contributed by atoms with Crippen LogP contribution in [0.4, 0.5) is 0 Å². The van der Waals surface area contributed by atoms with Crippen LogP contribution in [0.1, 0.15) is 11.8 Å². The van der Waals surface area contributed by atoms with Gasteiger partial charge in [0.25, 0.3) is 0 Å². The van der Waals surface area contributed by atoms with Crippen molar-refractivity contribution in [2.24, 2.45) is 0 Å². The van der Waals surface area contributed by atoms with Crippen molar-refractivity contribution in [3.8, 4) is 6.07 Å². The van der Waals surface area contributed by atoms with Crippen LogP contribution in [0.25, 0.3) is 0 Å². The molecule has 0 aromatic carbocycles. The monoisotopic (exact) mass is 260 g/mol. The van der Waals surface area contributed by atoms with E-state index in [0.717, 1.165) is 11.3 Å². The van der Waals surface area contributed by atoms with Crippen molar-refractivity contribution in [1.29, 1.82) is 5.26 Å². The number of hydrogen-bond acceptors (Lipinski definition) is 5. The zero-order chi connectivity index (χ0) is 12.2. The van der Waals surface area contributed by atoms with Crippen LogP contribution in [0.5, 0.6) is 0 Å². The van der Waals surface area contributed by atoms with Gasteiger partial charge in [0.15, 0.2) is 0 Å². The summed E-state index contributed by atoms with van der Waals surface area (Å²) in [6.07, 6.45) is 0. The van der Waals surface area contributed by atoms with Crippen molar-refractivity contribution >= 4 is 21.4 Å². The lowest BCUT2D eigenvalue weighted by Crippen LogP contribution is -2.35. The molecule has 16 heavy (non-hydrogen) atoms. The Kier molecular flexibility index (Phi) is 4.44. The molecule has 0 aliphatic heterocycles. The molecule has 1 unspecified atom stereocenters. The molecule has 1 heterocycles. The second kappa shape index (κ2) is 5.41. The van der Waals surface area contributed by atoms with Crippen LogP contribution in [0.2, 0.25) is 0 Å². The van der Waals surface area contributed by atoms with Crippen molar-refractivity contribution in [2.75, 3.05) is 13.7 Å². The number of rotatable bonds is 5. The minimum absolute atomic E-state index is 0.145. The lowest BCUT2D eigenvalue weighted by Gasteiger charge is -2.11. The van der Waals surface area contributed by atoms with E-state index in [1.54, 1.807) is 6.92 Å². The Morgan fingerprint density at radius 3 is 2.81 bits per heavy atom. The second-order valence-corrected chi connectivity index (χ2v) is 6.23.